The van der Waals surface area contributed by atoms with Gasteiger partial charge in [0.05, 0.1) is 5.71 Å². The van der Waals surface area contributed by atoms with Crippen molar-refractivity contribution in [3.8, 4) is 0 Å². The normalized spacial score (nSPS) is 28.0. The van der Waals surface area contributed by atoms with Gasteiger partial charge in [-0.2, -0.15) is 5.10 Å². The van der Waals surface area contributed by atoms with Crippen LogP contribution in [0.15, 0.2) is 35.4 Å². The monoisotopic (exact) mass is 228 g/mol. The van der Waals surface area contributed by atoms with Gasteiger partial charge in [-0.15, -0.1) is 0 Å². The molecule has 1 aliphatic carbocycles. The molecule has 3 heteroatoms. The van der Waals surface area contributed by atoms with Crippen molar-refractivity contribution in [1.82, 2.24) is 5.43 Å². The standard InChI is InChI=1S/C14H16N2O/c17-14-12-9-5-4-8-11(12)13(15-16-14)10-6-2-1-3-7-10/h1-3,6-7,11-12H,4-5,8-9H2,(H,16,17)/t11-,12+/m1/s1. The average molecular weight is 228 g/mol. The maximum absolute atomic E-state index is 11.8. The molecule has 2 aliphatic rings. The van der Waals surface area contributed by atoms with Crippen LogP contribution in [0.4, 0.5) is 0 Å². The Labute approximate surface area is 101 Å². The van der Waals surface area contributed by atoms with Gasteiger partial charge in [-0.1, -0.05) is 43.2 Å². The zero-order valence-corrected chi connectivity index (χ0v) is 9.73. The maximum Gasteiger partial charge on any atom is 0.243 e. The number of rotatable bonds is 1. The summed E-state index contributed by atoms with van der Waals surface area (Å²) in [7, 11) is 0. The van der Waals surface area contributed by atoms with Crippen molar-refractivity contribution in [2.45, 2.75) is 25.7 Å². The molecule has 1 aromatic carbocycles. The van der Waals surface area contributed by atoms with E-state index >= 15 is 0 Å². The molecule has 0 aromatic heterocycles. The van der Waals surface area contributed by atoms with E-state index in [1.54, 1.807) is 0 Å². The number of nitrogens with one attached hydrogen (secondary N) is 1. The van der Waals surface area contributed by atoms with E-state index in [4.69, 9.17) is 0 Å². The number of carbonyl (C=O) groups excluding carboxylic acids is 1. The summed E-state index contributed by atoms with van der Waals surface area (Å²) in [5.41, 5.74) is 4.89. The van der Waals surface area contributed by atoms with Crippen LogP contribution in [0.25, 0.3) is 0 Å². The third-order valence-electron chi connectivity index (χ3n) is 3.81. The van der Waals surface area contributed by atoms with Gasteiger partial charge in [0.25, 0.3) is 0 Å². The summed E-state index contributed by atoms with van der Waals surface area (Å²) in [6.45, 7) is 0. The highest BCUT2D eigenvalue weighted by atomic mass is 16.2. The number of hydrogen-bond acceptors (Lipinski definition) is 2. The van der Waals surface area contributed by atoms with E-state index in [0.29, 0.717) is 5.92 Å². The minimum Gasteiger partial charge on any atom is -0.273 e. The predicted molar refractivity (Wildman–Crippen MR) is 66.6 cm³/mol. The Hall–Kier alpha value is -1.64. The second kappa shape index (κ2) is 4.32. The molecule has 1 saturated carbocycles. The van der Waals surface area contributed by atoms with Crippen LogP contribution in [0, 0.1) is 11.8 Å². The zero-order chi connectivity index (χ0) is 11.7. The summed E-state index contributed by atoms with van der Waals surface area (Å²) < 4.78 is 0. The summed E-state index contributed by atoms with van der Waals surface area (Å²) in [4.78, 5) is 11.8. The van der Waals surface area contributed by atoms with Gasteiger partial charge in [0, 0.05) is 11.8 Å². The van der Waals surface area contributed by atoms with Gasteiger partial charge in [-0.3, -0.25) is 4.79 Å². The first kappa shape index (κ1) is 10.5. The van der Waals surface area contributed by atoms with E-state index in [2.05, 4.69) is 22.7 Å². The molecule has 0 saturated heterocycles. The Balaban J connectivity index is 1.96. The zero-order valence-electron chi connectivity index (χ0n) is 9.73. The summed E-state index contributed by atoms with van der Waals surface area (Å²) in [6.07, 6.45) is 4.46. The molecule has 3 nitrogen and oxygen atoms in total. The van der Waals surface area contributed by atoms with Crippen molar-refractivity contribution < 1.29 is 4.79 Å². The maximum atomic E-state index is 11.8. The van der Waals surface area contributed by atoms with E-state index in [0.717, 1.165) is 30.5 Å². The highest BCUT2D eigenvalue weighted by molar-refractivity contribution is 6.06. The van der Waals surface area contributed by atoms with Crippen LogP contribution in [0.5, 0.6) is 0 Å². The van der Waals surface area contributed by atoms with E-state index in [1.807, 2.05) is 18.2 Å². The number of hydrazone groups is 1. The van der Waals surface area contributed by atoms with Crippen LogP contribution >= 0.6 is 0 Å². The van der Waals surface area contributed by atoms with Crippen LogP contribution in [-0.4, -0.2) is 11.6 Å². The fourth-order valence-corrected chi connectivity index (χ4v) is 2.94. The summed E-state index contributed by atoms with van der Waals surface area (Å²) in [5, 5.41) is 4.28. The fourth-order valence-electron chi connectivity index (χ4n) is 2.94. The van der Waals surface area contributed by atoms with Gasteiger partial charge in [0.2, 0.25) is 5.91 Å². The Bertz CT molecular complexity index is 453. The lowest BCUT2D eigenvalue weighted by atomic mass is 9.74. The Morgan fingerprint density at radius 3 is 2.53 bits per heavy atom. The molecule has 1 aliphatic heterocycles. The highest BCUT2D eigenvalue weighted by Crippen LogP contribution is 2.34. The molecule has 1 aromatic rings. The van der Waals surface area contributed by atoms with Gasteiger partial charge >= 0.3 is 0 Å². The predicted octanol–water partition coefficient (Wildman–Crippen LogP) is 2.33. The smallest absolute Gasteiger partial charge is 0.243 e. The Kier molecular flexibility index (Phi) is 2.67. The largest absolute Gasteiger partial charge is 0.273 e. The Morgan fingerprint density at radius 1 is 1.06 bits per heavy atom. The molecule has 1 heterocycles. The van der Waals surface area contributed by atoms with Gasteiger partial charge in [0.1, 0.15) is 0 Å². The molecule has 0 unspecified atom stereocenters. The van der Waals surface area contributed by atoms with Crippen LogP contribution < -0.4 is 5.43 Å². The first-order valence-corrected chi connectivity index (χ1v) is 6.29. The number of hydrogen-bond donors (Lipinski definition) is 1. The van der Waals surface area contributed by atoms with Crippen molar-refractivity contribution in [1.29, 1.82) is 0 Å². The summed E-state index contributed by atoms with van der Waals surface area (Å²) in [5.74, 6) is 0.561. The molecule has 1 amide bonds. The van der Waals surface area contributed by atoms with Crippen molar-refractivity contribution in [3.05, 3.63) is 35.9 Å². The lowest BCUT2D eigenvalue weighted by Crippen LogP contribution is -2.43. The molecule has 1 N–H and O–H groups in total. The molecule has 0 spiro atoms. The molecule has 0 bridgehead atoms. The van der Waals surface area contributed by atoms with Crippen LogP contribution in [0.1, 0.15) is 31.2 Å². The van der Waals surface area contributed by atoms with Gasteiger partial charge in [-0.05, 0) is 18.4 Å². The SMILES string of the molecule is O=C1NN=C(c2ccccc2)[C@@H]2CCCC[C@H]12. The van der Waals surface area contributed by atoms with Crippen LogP contribution in [0.2, 0.25) is 0 Å². The van der Waals surface area contributed by atoms with Gasteiger partial charge in [0.15, 0.2) is 0 Å². The van der Waals surface area contributed by atoms with Crippen LogP contribution in [-0.2, 0) is 4.79 Å². The molecule has 0 radical (unpaired) electrons. The second-order valence-electron chi connectivity index (χ2n) is 4.84. The molecule has 1 fully saturated rings. The van der Waals surface area contributed by atoms with E-state index in [-0.39, 0.29) is 11.8 Å². The minimum atomic E-state index is 0.106. The van der Waals surface area contributed by atoms with Gasteiger partial charge < -0.3 is 0 Å². The van der Waals surface area contributed by atoms with E-state index < -0.39 is 0 Å². The van der Waals surface area contributed by atoms with Crippen molar-refractivity contribution in [2.75, 3.05) is 0 Å². The third kappa shape index (κ3) is 1.86. The number of carbonyl (C=O) groups is 1. The molecule has 88 valence electrons. The highest BCUT2D eigenvalue weighted by Gasteiger charge is 2.37. The third-order valence-corrected chi connectivity index (χ3v) is 3.81. The molecule has 2 atom stereocenters. The van der Waals surface area contributed by atoms with E-state index in [9.17, 15) is 4.79 Å². The first-order chi connectivity index (χ1) is 8.36. The lowest BCUT2D eigenvalue weighted by molar-refractivity contribution is -0.127. The first-order valence-electron chi connectivity index (χ1n) is 6.29. The molecular weight excluding hydrogens is 212 g/mol. The number of benzene rings is 1. The molecule has 3 rings (SSSR count). The quantitative estimate of drug-likeness (QED) is 0.787. The average Bonchev–Trinajstić information content (AvgIpc) is 2.41. The van der Waals surface area contributed by atoms with Crippen LogP contribution in [0.3, 0.4) is 0 Å². The minimum absolute atomic E-state index is 0.106. The number of fused-ring (bicyclic) bond motifs is 1. The van der Waals surface area contributed by atoms with Crippen molar-refractivity contribution >= 4 is 11.6 Å². The molecule has 17 heavy (non-hydrogen) atoms. The van der Waals surface area contributed by atoms with Gasteiger partial charge in [-0.25, -0.2) is 5.43 Å². The van der Waals surface area contributed by atoms with Crippen molar-refractivity contribution in [3.63, 3.8) is 0 Å². The molecular formula is C14H16N2O. The second-order valence-corrected chi connectivity index (χ2v) is 4.84. The Morgan fingerprint density at radius 2 is 1.76 bits per heavy atom. The topological polar surface area (TPSA) is 41.5 Å². The number of amides is 1. The fraction of sp³-hybridized carbons (Fsp3) is 0.429. The lowest BCUT2D eigenvalue weighted by Gasteiger charge is -2.34. The number of nitrogens with zero attached hydrogens (tertiary/aromatic N) is 1. The van der Waals surface area contributed by atoms with Crippen molar-refractivity contribution in [2.24, 2.45) is 16.9 Å². The summed E-state index contributed by atoms with van der Waals surface area (Å²) in [6, 6.07) is 10.2. The van der Waals surface area contributed by atoms with E-state index in [1.165, 1.54) is 6.42 Å². The summed E-state index contributed by atoms with van der Waals surface area (Å²) >= 11 is 0.